The Balaban J connectivity index is 1.81. The normalized spacial score (nSPS) is 25.1. The topological polar surface area (TPSA) is 38.1 Å². The molecule has 2 unspecified atom stereocenters. The highest BCUT2D eigenvalue weighted by atomic mass is 32.2. The lowest BCUT2D eigenvalue weighted by atomic mass is 9.95. The van der Waals surface area contributed by atoms with Gasteiger partial charge in [0.1, 0.15) is 5.76 Å². The fraction of sp³-hybridized carbons (Fsp3) is 0.769. The molecule has 1 N–H and O–H groups in total. The highest BCUT2D eigenvalue weighted by Crippen LogP contribution is 2.27. The van der Waals surface area contributed by atoms with E-state index in [1.165, 1.54) is 25.7 Å². The second kappa shape index (κ2) is 5.91. The number of thioether (sulfide) groups is 1. The molecule has 17 heavy (non-hydrogen) atoms. The van der Waals surface area contributed by atoms with Crippen LogP contribution in [0.4, 0.5) is 0 Å². The third-order valence-corrected chi connectivity index (χ3v) is 4.67. The van der Waals surface area contributed by atoms with E-state index in [9.17, 15) is 0 Å². The minimum absolute atomic E-state index is 0.633. The molecule has 0 saturated heterocycles. The van der Waals surface area contributed by atoms with Crippen molar-refractivity contribution in [1.29, 1.82) is 0 Å². The largest absolute Gasteiger partial charge is 0.444 e. The van der Waals surface area contributed by atoms with E-state index in [2.05, 4.69) is 16.6 Å². The van der Waals surface area contributed by atoms with Gasteiger partial charge in [0.15, 0.2) is 0 Å². The zero-order chi connectivity index (χ0) is 12.3. The van der Waals surface area contributed by atoms with Gasteiger partial charge in [-0.2, -0.15) is 11.8 Å². The summed E-state index contributed by atoms with van der Waals surface area (Å²) in [4.78, 5) is 4.40. The van der Waals surface area contributed by atoms with Crippen LogP contribution in [-0.4, -0.2) is 22.5 Å². The Morgan fingerprint density at radius 1 is 1.41 bits per heavy atom. The van der Waals surface area contributed by atoms with E-state index in [0.717, 1.165) is 29.1 Å². The Labute approximate surface area is 108 Å². The van der Waals surface area contributed by atoms with Crippen LogP contribution < -0.4 is 5.32 Å². The average Bonchev–Trinajstić information content (AvgIpc) is 2.67. The second-order valence-corrected chi connectivity index (χ2v) is 5.99. The van der Waals surface area contributed by atoms with Crippen LogP contribution in [0.25, 0.3) is 0 Å². The molecule has 0 aromatic carbocycles. The summed E-state index contributed by atoms with van der Waals surface area (Å²) in [5, 5.41) is 4.40. The zero-order valence-corrected chi connectivity index (χ0v) is 11.8. The molecule has 1 heterocycles. The molecule has 0 spiro atoms. The van der Waals surface area contributed by atoms with Crippen LogP contribution >= 0.6 is 11.8 Å². The lowest BCUT2D eigenvalue weighted by Gasteiger charge is -2.28. The molecule has 1 fully saturated rings. The SMILES string of the molecule is CSC1CCCC(NCc2nc(C)c(C)o2)C1. The number of nitrogens with one attached hydrogen (secondary N) is 1. The van der Waals surface area contributed by atoms with Crippen molar-refractivity contribution in [2.24, 2.45) is 0 Å². The van der Waals surface area contributed by atoms with E-state index in [4.69, 9.17) is 4.42 Å². The molecule has 1 saturated carbocycles. The van der Waals surface area contributed by atoms with E-state index in [1.807, 2.05) is 25.6 Å². The zero-order valence-electron chi connectivity index (χ0n) is 11.0. The summed E-state index contributed by atoms with van der Waals surface area (Å²) in [6.45, 7) is 4.73. The van der Waals surface area contributed by atoms with Gasteiger partial charge < -0.3 is 9.73 Å². The van der Waals surface area contributed by atoms with Crippen molar-refractivity contribution in [2.45, 2.75) is 57.4 Å². The molecule has 3 nitrogen and oxygen atoms in total. The molecule has 1 aliphatic carbocycles. The third-order valence-electron chi connectivity index (χ3n) is 3.57. The number of hydrogen-bond donors (Lipinski definition) is 1. The average molecular weight is 254 g/mol. The van der Waals surface area contributed by atoms with Gasteiger partial charge in [0.2, 0.25) is 5.89 Å². The Kier molecular flexibility index (Phi) is 4.51. The second-order valence-electron chi connectivity index (χ2n) is 4.85. The fourth-order valence-corrected chi connectivity index (χ4v) is 3.22. The van der Waals surface area contributed by atoms with Crippen LogP contribution in [0, 0.1) is 13.8 Å². The Bertz CT molecular complexity index is 345. The molecular weight excluding hydrogens is 232 g/mol. The van der Waals surface area contributed by atoms with E-state index in [1.54, 1.807) is 0 Å². The monoisotopic (exact) mass is 254 g/mol. The highest BCUT2D eigenvalue weighted by Gasteiger charge is 2.21. The van der Waals surface area contributed by atoms with E-state index >= 15 is 0 Å². The summed E-state index contributed by atoms with van der Waals surface area (Å²) >= 11 is 2.00. The van der Waals surface area contributed by atoms with E-state index in [0.29, 0.717) is 6.04 Å². The molecule has 0 radical (unpaired) electrons. The quantitative estimate of drug-likeness (QED) is 0.896. The number of aromatic nitrogens is 1. The predicted octanol–water partition coefficient (Wildman–Crippen LogP) is 3.06. The molecule has 2 rings (SSSR count). The van der Waals surface area contributed by atoms with Crippen LogP contribution in [0.2, 0.25) is 0 Å². The standard InChI is InChI=1S/C13H22N2OS/c1-9-10(2)16-13(15-9)8-14-11-5-4-6-12(7-11)17-3/h11-12,14H,4-8H2,1-3H3. The van der Waals surface area contributed by atoms with Gasteiger partial charge in [0, 0.05) is 11.3 Å². The van der Waals surface area contributed by atoms with Gasteiger partial charge in [-0.25, -0.2) is 4.98 Å². The maximum absolute atomic E-state index is 5.58. The van der Waals surface area contributed by atoms with Gasteiger partial charge in [-0.1, -0.05) is 6.42 Å². The van der Waals surface area contributed by atoms with Gasteiger partial charge in [0.05, 0.1) is 12.2 Å². The molecule has 1 aromatic rings. The molecule has 1 aromatic heterocycles. The molecule has 96 valence electrons. The van der Waals surface area contributed by atoms with Crippen LogP contribution in [0.1, 0.15) is 43.0 Å². The van der Waals surface area contributed by atoms with E-state index < -0.39 is 0 Å². The van der Waals surface area contributed by atoms with Crippen LogP contribution in [0.15, 0.2) is 4.42 Å². The van der Waals surface area contributed by atoms with Crippen molar-refractivity contribution < 1.29 is 4.42 Å². The predicted molar refractivity (Wildman–Crippen MR) is 72.4 cm³/mol. The van der Waals surface area contributed by atoms with Crippen molar-refractivity contribution in [3.63, 3.8) is 0 Å². The number of hydrogen-bond acceptors (Lipinski definition) is 4. The summed E-state index contributed by atoms with van der Waals surface area (Å²) in [7, 11) is 0. The highest BCUT2D eigenvalue weighted by molar-refractivity contribution is 7.99. The molecule has 2 atom stereocenters. The van der Waals surface area contributed by atoms with Crippen molar-refractivity contribution in [1.82, 2.24) is 10.3 Å². The maximum atomic E-state index is 5.58. The first kappa shape index (κ1) is 13.0. The van der Waals surface area contributed by atoms with Crippen LogP contribution in [0.5, 0.6) is 0 Å². The molecule has 0 aliphatic heterocycles. The molecule has 1 aliphatic rings. The summed E-state index contributed by atoms with van der Waals surface area (Å²) < 4.78 is 5.58. The van der Waals surface area contributed by atoms with Crippen LogP contribution in [0.3, 0.4) is 0 Å². The van der Waals surface area contributed by atoms with Gasteiger partial charge in [-0.15, -0.1) is 0 Å². The smallest absolute Gasteiger partial charge is 0.208 e. The van der Waals surface area contributed by atoms with Crippen molar-refractivity contribution in [3.8, 4) is 0 Å². The van der Waals surface area contributed by atoms with Gasteiger partial charge in [-0.3, -0.25) is 0 Å². The van der Waals surface area contributed by atoms with E-state index in [-0.39, 0.29) is 0 Å². The Morgan fingerprint density at radius 3 is 2.88 bits per heavy atom. The minimum Gasteiger partial charge on any atom is -0.444 e. The summed E-state index contributed by atoms with van der Waals surface area (Å²) in [5.41, 5.74) is 1.01. The fourth-order valence-electron chi connectivity index (χ4n) is 2.39. The number of aryl methyl sites for hydroxylation is 2. The van der Waals surface area contributed by atoms with Crippen molar-refractivity contribution in [3.05, 3.63) is 17.3 Å². The first-order valence-corrected chi connectivity index (χ1v) is 7.67. The lowest BCUT2D eigenvalue weighted by molar-refractivity contribution is 0.355. The maximum Gasteiger partial charge on any atom is 0.208 e. The molecular formula is C13H22N2OS. The lowest BCUT2D eigenvalue weighted by Crippen LogP contribution is -2.34. The number of rotatable bonds is 4. The van der Waals surface area contributed by atoms with Gasteiger partial charge in [-0.05, 0) is 39.4 Å². The minimum atomic E-state index is 0.633. The Morgan fingerprint density at radius 2 is 2.24 bits per heavy atom. The van der Waals surface area contributed by atoms with Crippen LogP contribution in [-0.2, 0) is 6.54 Å². The summed E-state index contributed by atoms with van der Waals surface area (Å²) in [6, 6.07) is 0.633. The first-order chi connectivity index (χ1) is 8.19. The number of oxazole rings is 1. The van der Waals surface area contributed by atoms with Crippen molar-refractivity contribution in [2.75, 3.05) is 6.26 Å². The Hall–Kier alpha value is -0.480. The summed E-state index contributed by atoms with van der Waals surface area (Å²) in [5.74, 6) is 1.76. The molecule has 0 amide bonds. The van der Waals surface area contributed by atoms with Crippen molar-refractivity contribution >= 4 is 11.8 Å². The molecule has 4 heteroatoms. The number of nitrogens with zero attached hydrogens (tertiary/aromatic N) is 1. The molecule has 0 bridgehead atoms. The van der Waals surface area contributed by atoms with Gasteiger partial charge in [0.25, 0.3) is 0 Å². The first-order valence-electron chi connectivity index (χ1n) is 6.38. The third kappa shape index (κ3) is 3.49. The van der Waals surface area contributed by atoms with Gasteiger partial charge >= 0.3 is 0 Å². The summed E-state index contributed by atoms with van der Waals surface area (Å²) in [6.07, 6.45) is 7.49.